The Morgan fingerprint density at radius 3 is 2.42 bits per heavy atom. The molecular formula is C13H24NO8S2-. The molecule has 24 heavy (non-hydrogen) atoms. The number of aliphatic hydroxyl groups is 4. The number of hydrogen-bond donors (Lipinski definition) is 4. The van der Waals surface area contributed by atoms with Gasteiger partial charge in [-0.1, -0.05) is 38.5 Å². The fourth-order valence-electron chi connectivity index (χ4n) is 2.42. The third-order valence-electron chi connectivity index (χ3n) is 3.62. The molecule has 0 amide bonds. The molecule has 6 atom stereocenters. The normalized spacial score (nSPS) is 33.5. The smallest absolute Gasteiger partial charge is 0.203 e. The van der Waals surface area contributed by atoms with E-state index in [-0.39, 0.29) is 17.4 Å². The van der Waals surface area contributed by atoms with Crippen LogP contribution in [-0.4, -0.2) is 74.9 Å². The molecule has 142 valence electrons. The Kier molecular flexibility index (Phi) is 8.56. The van der Waals surface area contributed by atoms with Crippen LogP contribution >= 0.6 is 11.8 Å². The van der Waals surface area contributed by atoms with Crippen LogP contribution < -0.4 is 0 Å². The second-order valence-electron chi connectivity index (χ2n) is 5.83. The predicted molar refractivity (Wildman–Crippen MR) is 87.2 cm³/mol. The highest BCUT2D eigenvalue weighted by atomic mass is 32.2. The summed E-state index contributed by atoms with van der Waals surface area (Å²) in [4.78, 5) is 0. The molecule has 0 radical (unpaired) electrons. The molecule has 11 heteroatoms. The summed E-state index contributed by atoms with van der Waals surface area (Å²) in [6.07, 6.45) is -3.89. The van der Waals surface area contributed by atoms with Gasteiger partial charge in [-0.05, 0) is 12.3 Å². The van der Waals surface area contributed by atoms with Crippen molar-refractivity contribution in [3.05, 3.63) is 0 Å². The SMILES string of the molecule is CCCC(C)CC(=NS(=O)(=O)[O-])S[C@@H]1O[C@H](CO)[C@@H](O)[C@H](O)[C@H]1O. The van der Waals surface area contributed by atoms with Crippen molar-refractivity contribution < 1.29 is 38.1 Å². The Morgan fingerprint density at radius 1 is 1.29 bits per heavy atom. The van der Waals surface area contributed by atoms with Crippen LogP contribution in [0.1, 0.15) is 33.1 Å². The van der Waals surface area contributed by atoms with E-state index in [1.54, 1.807) is 0 Å². The molecular weight excluding hydrogens is 362 g/mol. The van der Waals surface area contributed by atoms with Gasteiger partial charge in [-0.15, -0.1) is 0 Å². The average molecular weight is 386 g/mol. The van der Waals surface area contributed by atoms with Crippen molar-refractivity contribution in [2.24, 2.45) is 10.3 Å². The molecule has 1 fully saturated rings. The standard InChI is InChI=1S/C13H25NO8S2/c1-3-4-7(2)5-9(14-24(19,20)21)23-13-12(18)11(17)10(16)8(6-15)22-13/h7-8,10-13,15-18H,3-6H2,1-2H3,(H,19,20,21)/p-1/t7?,8-,10-,11+,12-,13+/m1/s1. The molecule has 0 aromatic rings. The van der Waals surface area contributed by atoms with Crippen LogP contribution in [0.5, 0.6) is 0 Å². The molecule has 1 saturated heterocycles. The Labute approximate surface area is 145 Å². The summed E-state index contributed by atoms with van der Waals surface area (Å²) >= 11 is 0.696. The van der Waals surface area contributed by atoms with Crippen molar-refractivity contribution in [3.63, 3.8) is 0 Å². The maximum Gasteiger partial charge on any atom is 0.203 e. The maximum atomic E-state index is 11.0. The van der Waals surface area contributed by atoms with Gasteiger partial charge >= 0.3 is 0 Å². The summed E-state index contributed by atoms with van der Waals surface area (Å²) in [6.45, 7) is 3.23. The fraction of sp³-hybridized carbons (Fsp3) is 0.923. The van der Waals surface area contributed by atoms with E-state index in [1.165, 1.54) is 0 Å². The van der Waals surface area contributed by atoms with Gasteiger partial charge in [-0.25, -0.2) is 8.42 Å². The first-order valence-electron chi connectivity index (χ1n) is 7.60. The Hall–Kier alpha value is -0.270. The first-order chi connectivity index (χ1) is 11.1. The van der Waals surface area contributed by atoms with E-state index in [0.29, 0.717) is 11.8 Å². The number of hydrogen-bond acceptors (Lipinski definition) is 9. The molecule has 0 aliphatic carbocycles. The van der Waals surface area contributed by atoms with Gasteiger partial charge in [-0.3, -0.25) is 0 Å². The van der Waals surface area contributed by atoms with Gasteiger partial charge in [0.25, 0.3) is 0 Å². The topological polar surface area (TPSA) is 160 Å². The van der Waals surface area contributed by atoms with Gasteiger partial charge in [0.1, 0.15) is 29.9 Å². The van der Waals surface area contributed by atoms with Crippen molar-refractivity contribution in [3.8, 4) is 0 Å². The molecule has 0 aromatic heterocycles. The first kappa shape index (κ1) is 21.8. The van der Waals surface area contributed by atoms with Crippen molar-refractivity contribution >= 4 is 27.1 Å². The van der Waals surface area contributed by atoms with E-state index < -0.39 is 46.8 Å². The number of aliphatic hydroxyl groups excluding tert-OH is 4. The van der Waals surface area contributed by atoms with Crippen LogP contribution in [0, 0.1) is 5.92 Å². The summed E-state index contributed by atoms with van der Waals surface area (Å²) in [5, 5.41) is 38.6. The number of nitrogens with zero attached hydrogens (tertiary/aromatic N) is 1. The van der Waals surface area contributed by atoms with Crippen LogP contribution in [0.25, 0.3) is 0 Å². The molecule has 0 spiro atoms. The molecule has 4 N–H and O–H groups in total. The third-order valence-corrected chi connectivity index (χ3v) is 5.33. The van der Waals surface area contributed by atoms with Gasteiger partial charge in [-0.2, -0.15) is 4.40 Å². The zero-order valence-corrected chi connectivity index (χ0v) is 15.1. The minimum atomic E-state index is -4.88. The van der Waals surface area contributed by atoms with Crippen molar-refractivity contribution in [2.75, 3.05) is 6.61 Å². The zero-order valence-electron chi connectivity index (χ0n) is 13.5. The highest BCUT2D eigenvalue weighted by Gasteiger charge is 2.44. The van der Waals surface area contributed by atoms with E-state index >= 15 is 0 Å². The largest absolute Gasteiger partial charge is 0.730 e. The van der Waals surface area contributed by atoms with E-state index in [1.807, 2.05) is 13.8 Å². The molecule has 1 heterocycles. The highest BCUT2D eigenvalue weighted by Crippen LogP contribution is 2.31. The molecule has 1 rings (SSSR count). The summed E-state index contributed by atoms with van der Waals surface area (Å²) in [7, 11) is -4.88. The molecule has 0 saturated carbocycles. The highest BCUT2D eigenvalue weighted by molar-refractivity contribution is 8.14. The number of ether oxygens (including phenoxy) is 1. The van der Waals surface area contributed by atoms with Gasteiger partial charge < -0.3 is 29.7 Å². The summed E-state index contributed by atoms with van der Waals surface area (Å²) in [6, 6.07) is 0. The average Bonchev–Trinajstić information content (AvgIpc) is 2.46. The van der Waals surface area contributed by atoms with Crippen LogP contribution in [0.4, 0.5) is 0 Å². The molecule has 1 aliphatic rings. The molecule has 9 nitrogen and oxygen atoms in total. The van der Waals surface area contributed by atoms with Gasteiger partial charge in [0.15, 0.2) is 0 Å². The number of thioether (sulfide) groups is 1. The van der Waals surface area contributed by atoms with E-state index in [0.717, 1.165) is 12.8 Å². The second kappa shape index (κ2) is 9.43. The van der Waals surface area contributed by atoms with Crippen molar-refractivity contribution in [1.82, 2.24) is 0 Å². The Bertz CT molecular complexity index is 524. The van der Waals surface area contributed by atoms with Gasteiger partial charge in [0.2, 0.25) is 10.3 Å². The van der Waals surface area contributed by atoms with Gasteiger partial charge in [0.05, 0.1) is 11.7 Å². The predicted octanol–water partition coefficient (Wildman–Crippen LogP) is -0.796. The summed E-state index contributed by atoms with van der Waals surface area (Å²) in [5.74, 6) is 0.0490. The van der Waals surface area contributed by atoms with Crippen molar-refractivity contribution in [1.29, 1.82) is 0 Å². The lowest BCUT2D eigenvalue weighted by Crippen LogP contribution is -2.57. The van der Waals surface area contributed by atoms with Crippen LogP contribution in [0.2, 0.25) is 0 Å². The summed E-state index contributed by atoms with van der Waals surface area (Å²) < 4.78 is 41.3. The zero-order chi connectivity index (χ0) is 18.5. The minimum absolute atomic E-state index is 0.0460. The molecule has 1 aliphatic heterocycles. The second-order valence-corrected chi connectivity index (χ2v) is 8.04. The lowest BCUT2D eigenvalue weighted by atomic mass is 10.0. The van der Waals surface area contributed by atoms with Crippen LogP contribution in [0.15, 0.2) is 4.40 Å². The van der Waals surface area contributed by atoms with Crippen LogP contribution in [0.3, 0.4) is 0 Å². The van der Waals surface area contributed by atoms with Crippen molar-refractivity contribution in [2.45, 2.75) is 63.0 Å². The van der Waals surface area contributed by atoms with E-state index in [9.17, 15) is 28.3 Å². The number of rotatable bonds is 7. The molecule has 0 bridgehead atoms. The quantitative estimate of drug-likeness (QED) is 0.249. The third kappa shape index (κ3) is 6.56. The van der Waals surface area contributed by atoms with E-state index in [2.05, 4.69) is 4.40 Å². The molecule has 0 aromatic carbocycles. The van der Waals surface area contributed by atoms with E-state index in [4.69, 9.17) is 9.84 Å². The van der Waals surface area contributed by atoms with Crippen LogP contribution in [-0.2, 0) is 15.0 Å². The lowest BCUT2D eigenvalue weighted by Gasteiger charge is -2.39. The molecule has 1 unspecified atom stereocenters. The lowest BCUT2D eigenvalue weighted by molar-refractivity contribution is -0.205. The first-order valence-corrected chi connectivity index (χ1v) is 9.85. The summed E-state index contributed by atoms with van der Waals surface area (Å²) in [5.41, 5.74) is -1.17. The Morgan fingerprint density at radius 2 is 1.92 bits per heavy atom. The maximum absolute atomic E-state index is 11.0. The fourth-order valence-corrected chi connectivity index (χ4v) is 4.34. The minimum Gasteiger partial charge on any atom is -0.730 e. The Balaban J connectivity index is 2.94. The van der Waals surface area contributed by atoms with Gasteiger partial charge in [0, 0.05) is 0 Å². The monoisotopic (exact) mass is 386 g/mol.